The zero-order valence-electron chi connectivity index (χ0n) is 14.4. The number of nitrogens with one attached hydrogen (secondary N) is 1. The number of fused-ring (bicyclic) bond motifs is 1. The van der Waals surface area contributed by atoms with Crippen LogP contribution in [0.2, 0.25) is 5.02 Å². The van der Waals surface area contributed by atoms with E-state index in [9.17, 15) is 9.59 Å². The number of amides is 1. The van der Waals surface area contributed by atoms with Gasteiger partial charge in [-0.3, -0.25) is 9.59 Å². The van der Waals surface area contributed by atoms with Crippen LogP contribution in [0.4, 0.5) is 0 Å². The van der Waals surface area contributed by atoms with E-state index >= 15 is 0 Å². The molecular formula is C20H20ClNO4. The number of esters is 1. The second kappa shape index (κ2) is 8.23. The summed E-state index contributed by atoms with van der Waals surface area (Å²) in [5, 5.41) is 3.36. The maximum Gasteiger partial charge on any atom is 0.313 e. The molecule has 0 radical (unpaired) electrons. The molecule has 1 aliphatic heterocycles. The summed E-state index contributed by atoms with van der Waals surface area (Å²) in [4.78, 5) is 24.5. The Morgan fingerprint density at radius 3 is 2.81 bits per heavy atom. The fraction of sp³-hybridized carbons (Fsp3) is 0.300. The Morgan fingerprint density at radius 2 is 2.04 bits per heavy atom. The molecule has 2 aromatic rings. The van der Waals surface area contributed by atoms with E-state index in [1.807, 2.05) is 30.3 Å². The van der Waals surface area contributed by atoms with Gasteiger partial charge in [0.15, 0.2) is 6.10 Å². The lowest BCUT2D eigenvalue weighted by Gasteiger charge is -2.25. The number of halogens is 1. The third-order valence-corrected chi connectivity index (χ3v) is 4.47. The summed E-state index contributed by atoms with van der Waals surface area (Å²) in [6.07, 6.45) is -0.389. The topological polar surface area (TPSA) is 64.6 Å². The molecule has 0 saturated carbocycles. The fourth-order valence-corrected chi connectivity index (χ4v) is 2.96. The van der Waals surface area contributed by atoms with Gasteiger partial charge in [-0.15, -0.1) is 0 Å². The summed E-state index contributed by atoms with van der Waals surface area (Å²) in [7, 11) is 0. The van der Waals surface area contributed by atoms with Crippen molar-refractivity contribution in [1.29, 1.82) is 0 Å². The molecule has 0 fully saturated rings. The lowest BCUT2D eigenvalue weighted by Crippen LogP contribution is -2.38. The van der Waals surface area contributed by atoms with Crippen molar-refractivity contribution >= 4 is 23.5 Å². The van der Waals surface area contributed by atoms with Crippen LogP contribution in [-0.4, -0.2) is 24.6 Å². The highest BCUT2D eigenvalue weighted by Crippen LogP contribution is 2.30. The second-order valence-electron chi connectivity index (χ2n) is 6.25. The highest BCUT2D eigenvalue weighted by Gasteiger charge is 2.29. The van der Waals surface area contributed by atoms with Crippen LogP contribution < -0.4 is 10.1 Å². The molecule has 1 aliphatic rings. The van der Waals surface area contributed by atoms with E-state index in [0.29, 0.717) is 18.0 Å². The number of ether oxygens (including phenoxy) is 2. The van der Waals surface area contributed by atoms with Crippen molar-refractivity contribution < 1.29 is 19.1 Å². The third kappa shape index (κ3) is 4.55. The van der Waals surface area contributed by atoms with E-state index in [0.717, 1.165) is 16.9 Å². The zero-order chi connectivity index (χ0) is 18.5. The van der Waals surface area contributed by atoms with Crippen LogP contribution in [0.25, 0.3) is 0 Å². The SMILES string of the molecule is C[C@H](OC(=O)[C@@H]1COc2ccc(Cl)cc2C1)C(=O)NCc1ccccc1. The normalized spacial score (nSPS) is 16.8. The Labute approximate surface area is 157 Å². The summed E-state index contributed by atoms with van der Waals surface area (Å²) in [6, 6.07) is 14.9. The van der Waals surface area contributed by atoms with E-state index in [-0.39, 0.29) is 12.5 Å². The van der Waals surface area contributed by atoms with Gasteiger partial charge in [0, 0.05) is 11.6 Å². The monoisotopic (exact) mass is 373 g/mol. The highest BCUT2D eigenvalue weighted by atomic mass is 35.5. The fourth-order valence-electron chi connectivity index (χ4n) is 2.77. The molecule has 1 amide bonds. The quantitative estimate of drug-likeness (QED) is 0.818. The van der Waals surface area contributed by atoms with Crippen LogP contribution in [0.1, 0.15) is 18.1 Å². The van der Waals surface area contributed by atoms with E-state index in [4.69, 9.17) is 21.1 Å². The molecule has 1 N–H and O–H groups in total. The van der Waals surface area contributed by atoms with Gasteiger partial charge in [-0.1, -0.05) is 41.9 Å². The van der Waals surface area contributed by atoms with Gasteiger partial charge >= 0.3 is 5.97 Å². The molecule has 2 atom stereocenters. The molecule has 26 heavy (non-hydrogen) atoms. The van der Waals surface area contributed by atoms with Gasteiger partial charge in [-0.25, -0.2) is 0 Å². The molecule has 1 heterocycles. The number of carbonyl (C=O) groups is 2. The number of carbonyl (C=O) groups excluding carboxylic acids is 2. The Kier molecular flexibility index (Phi) is 5.78. The Bertz CT molecular complexity index is 794. The van der Waals surface area contributed by atoms with Crippen LogP contribution in [0, 0.1) is 5.92 Å². The van der Waals surface area contributed by atoms with E-state index in [2.05, 4.69) is 5.32 Å². The first kappa shape index (κ1) is 18.3. The van der Waals surface area contributed by atoms with E-state index < -0.39 is 18.0 Å². The summed E-state index contributed by atoms with van der Waals surface area (Å²) < 4.78 is 10.9. The van der Waals surface area contributed by atoms with Crippen LogP contribution in [0.5, 0.6) is 5.75 Å². The predicted molar refractivity (Wildman–Crippen MR) is 98.0 cm³/mol. The second-order valence-corrected chi connectivity index (χ2v) is 6.68. The molecule has 2 aromatic carbocycles. The summed E-state index contributed by atoms with van der Waals surface area (Å²) in [5.41, 5.74) is 1.85. The largest absolute Gasteiger partial charge is 0.492 e. The highest BCUT2D eigenvalue weighted by molar-refractivity contribution is 6.30. The lowest BCUT2D eigenvalue weighted by molar-refractivity contribution is -0.160. The summed E-state index contributed by atoms with van der Waals surface area (Å²) in [6.45, 7) is 2.18. The molecule has 6 heteroatoms. The number of rotatable bonds is 5. The zero-order valence-corrected chi connectivity index (χ0v) is 15.2. The Morgan fingerprint density at radius 1 is 1.27 bits per heavy atom. The van der Waals surface area contributed by atoms with Crippen molar-refractivity contribution in [2.75, 3.05) is 6.61 Å². The molecule has 3 rings (SSSR count). The van der Waals surface area contributed by atoms with E-state index in [1.165, 1.54) is 0 Å². The lowest BCUT2D eigenvalue weighted by atomic mass is 9.97. The molecule has 0 saturated heterocycles. The van der Waals surface area contributed by atoms with Gasteiger partial charge in [-0.2, -0.15) is 0 Å². The molecule has 0 unspecified atom stereocenters. The van der Waals surface area contributed by atoms with Gasteiger partial charge in [0.1, 0.15) is 12.4 Å². The first-order chi connectivity index (χ1) is 12.5. The van der Waals surface area contributed by atoms with Crippen LogP contribution in [0.15, 0.2) is 48.5 Å². The average molecular weight is 374 g/mol. The molecule has 136 valence electrons. The minimum Gasteiger partial charge on any atom is -0.492 e. The van der Waals surface area contributed by atoms with Gasteiger partial charge in [0.25, 0.3) is 5.91 Å². The van der Waals surface area contributed by atoms with Crippen molar-refractivity contribution in [3.05, 3.63) is 64.7 Å². The summed E-state index contributed by atoms with van der Waals surface area (Å²) >= 11 is 5.99. The van der Waals surface area contributed by atoms with E-state index in [1.54, 1.807) is 25.1 Å². The molecular weight excluding hydrogens is 354 g/mol. The van der Waals surface area contributed by atoms with Crippen LogP contribution in [-0.2, 0) is 27.3 Å². The van der Waals surface area contributed by atoms with Crippen molar-refractivity contribution in [2.24, 2.45) is 5.92 Å². The molecule has 5 nitrogen and oxygen atoms in total. The number of hydrogen-bond acceptors (Lipinski definition) is 4. The molecule has 0 spiro atoms. The number of hydrogen-bond donors (Lipinski definition) is 1. The minimum atomic E-state index is -0.869. The van der Waals surface area contributed by atoms with Gasteiger partial charge in [0.2, 0.25) is 0 Å². The maximum atomic E-state index is 12.4. The number of benzene rings is 2. The predicted octanol–water partition coefficient (Wildman–Crippen LogP) is 3.14. The smallest absolute Gasteiger partial charge is 0.313 e. The maximum absolute atomic E-state index is 12.4. The average Bonchev–Trinajstić information content (AvgIpc) is 2.66. The van der Waals surface area contributed by atoms with Crippen molar-refractivity contribution in [3.63, 3.8) is 0 Å². The Balaban J connectivity index is 1.51. The Hall–Kier alpha value is -2.53. The molecule has 0 aromatic heterocycles. The van der Waals surface area contributed by atoms with Crippen LogP contribution in [0.3, 0.4) is 0 Å². The minimum absolute atomic E-state index is 0.228. The first-order valence-electron chi connectivity index (χ1n) is 8.46. The van der Waals surface area contributed by atoms with Gasteiger partial charge < -0.3 is 14.8 Å². The first-order valence-corrected chi connectivity index (χ1v) is 8.84. The van der Waals surface area contributed by atoms with Crippen molar-refractivity contribution in [2.45, 2.75) is 26.0 Å². The standard InChI is InChI=1S/C20H20ClNO4/c1-13(19(23)22-11-14-5-3-2-4-6-14)26-20(24)16-9-15-10-17(21)7-8-18(15)25-12-16/h2-8,10,13,16H,9,11-12H2,1H3,(H,22,23)/t13-,16-/m0/s1. The summed E-state index contributed by atoms with van der Waals surface area (Å²) in [5.74, 6) is -0.502. The molecule has 0 bridgehead atoms. The van der Waals surface area contributed by atoms with Crippen molar-refractivity contribution in [1.82, 2.24) is 5.32 Å². The van der Waals surface area contributed by atoms with Gasteiger partial charge in [-0.05, 0) is 42.7 Å². The van der Waals surface area contributed by atoms with Gasteiger partial charge in [0.05, 0.1) is 5.92 Å². The van der Waals surface area contributed by atoms with Crippen LogP contribution >= 0.6 is 11.6 Å². The molecule has 0 aliphatic carbocycles. The van der Waals surface area contributed by atoms with Crippen molar-refractivity contribution in [3.8, 4) is 5.75 Å². The third-order valence-electron chi connectivity index (χ3n) is 4.23.